The lowest BCUT2D eigenvalue weighted by Gasteiger charge is -2.13. The number of carbonyl (C=O) groups excluding carboxylic acids is 1. The van der Waals surface area contributed by atoms with E-state index in [-0.39, 0.29) is 18.6 Å². The van der Waals surface area contributed by atoms with Gasteiger partial charge in [-0.15, -0.1) is 0 Å². The molecule has 0 radical (unpaired) electrons. The van der Waals surface area contributed by atoms with E-state index in [1.54, 1.807) is 19.2 Å². The first-order valence-corrected chi connectivity index (χ1v) is 8.36. The standard InChI is InChI=1S/C17H25FN4O3/c1-19-17(20-7-3-8-25-15-6-9-24-12-15)21-11-16(23)22-14-5-2-4-13(18)10-14/h2,4-5,10,15H,3,6-9,11-12H2,1H3,(H,22,23)(H2,19,20,21). The minimum atomic E-state index is -0.394. The zero-order valence-corrected chi connectivity index (χ0v) is 14.4. The van der Waals surface area contributed by atoms with Crippen LogP contribution in [0.25, 0.3) is 0 Å². The molecule has 1 fully saturated rings. The van der Waals surface area contributed by atoms with E-state index in [0.29, 0.717) is 31.4 Å². The van der Waals surface area contributed by atoms with Crippen molar-refractivity contribution in [2.45, 2.75) is 18.9 Å². The molecule has 1 unspecified atom stereocenters. The molecule has 0 aliphatic carbocycles. The van der Waals surface area contributed by atoms with Crippen molar-refractivity contribution < 1.29 is 18.7 Å². The van der Waals surface area contributed by atoms with Gasteiger partial charge in [-0.1, -0.05) is 6.07 Å². The molecule has 8 heteroatoms. The number of guanidine groups is 1. The van der Waals surface area contributed by atoms with E-state index in [1.807, 2.05) is 0 Å². The SMILES string of the molecule is CN=C(NCCCOC1CCOC1)NCC(=O)Nc1cccc(F)c1. The molecule has 0 aromatic heterocycles. The normalized spacial score (nSPS) is 17.4. The van der Waals surface area contributed by atoms with E-state index >= 15 is 0 Å². The molecule has 1 amide bonds. The molecule has 3 N–H and O–H groups in total. The van der Waals surface area contributed by atoms with Gasteiger partial charge in [0.05, 0.1) is 19.3 Å². The number of ether oxygens (including phenoxy) is 2. The highest BCUT2D eigenvalue weighted by molar-refractivity contribution is 5.94. The highest BCUT2D eigenvalue weighted by atomic mass is 19.1. The fourth-order valence-corrected chi connectivity index (χ4v) is 2.33. The van der Waals surface area contributed by atoms with E-state index in [2.05, 4.69) is 20.9 Å². The Balaban J connectivity index is 1.58. The average molecular weight is 352 g/mol. The van der Waals surface area contributed by atoms with Gasteiger partial charge >= 0.3 is 0 Å². The first-order valence-electron chi connectivity index (χ1n) is 8.36. The molecule has 0 spiro atoms. The maximum absolute atomic E-state index is 13.1. The Kier molecular flexibility index (Phi) is 8.14. The summed E-state index contributed by atoms with van der Waals surface area (Å²) in [7, 11) is 1.63. The van der Waals surface area contributed by atoms with Gasteiger partial charge in [0, 0.05) is 32.5 Å². The summed E-state index contributed by atoms with van der Waals surface area (Å²) in [4.78, 5) is 15.9. The monoisotopic (exact) mass is 352 g/mol. The van der Waals surface area contributed by atoms with Crippen LogP contribution < -0.4 is 16.0 Å². The van der Waals surface area contributed by atoms with Crippen LogP contribution in [-0.2, 0) is 14.3 Å². The van der Waals surface area contributed by atoms with Crippen molar-refractivity contribution in [3.05, 3.63) is 30.1 Å². The van der Waals surface area contributed by atoms with Gasteiger partial charge < -0.3 is 25.4 Å². The highest BCUT2D eigenvalue weighted by Gasteiger charge is 2.15. The molecule has 1 aromatic carbocycles. The summed E-state index contributed by atoms with van der Waals surface area (Å²) < 4.78 is 24.0. The fourth-order valence-electron chi connectivity index (χ4n) is 2.33. The Bertz CT molecular complexity index is 577. The molecular formula is C17H25FN4O3. The van der Waals surface area contributed by atoms with Crippen LogP contribution >= 0.6 is 0 Å². The minimum Gasteiger partial charge on any atom is -0.379 e. The number of aliphatic imine (C=N–C) groups is 1. The van der Waals surface area contributed by atoms with E-state index in [1.165, 1.54) is 12.1 Å². The number of halogens is 1. The third-order valence-corrected chi connectivity index (χ3v) is 3.60. The van der Waals surface area contributed by atoms with Gasteiger partial charge in [0.1, 0.15) is 5.82 Å². The molecule has 25 heavy (non-hydrogen) atoms. The van der Waals surface area contributed by atoms with Gasteiger partial charge in [0.25, 0.3) is 0 Å². The number of amides is 1. The number of carbonyl (C=O) groups is 1. The first-order chi connectivity index (χ1) is 12.2. The lowest BCUT2D eigenvalue weighted by Crippen LogP contribution is -2.41. The highest BCUT2D eigenvalue weighted by Crippen LogP contribution is 2.09. The maximum atomic E-state index is 13.1. The number of hydrogen-bond donors (Lipinski definition) is 3. The second-order valence-corrected chi connectivity index (χ2v) is 5.62. The lowest BCUT2D eigenvalue weighted by molar-refractivity contribution is -0.115. The molecule has 138 valence electrons. The summed E-state index contributed by atoms with van der Waals surface area (Å²) in [5.74, 6) is -0.147. The van der Waals surface area contributed by atoms with Gasteiger partial charge in [-0.25, -0.2) is 4.39 Å². The Morgan fingerprint density at radius 1 is 1.44 bits per heavy atom. The second-order valence-electron chi connectivity index (χ2n) is 5.62. The topological polar surface area (TPSA) is 84.0 Å². The molecular weight excluding hydrogens is 327 g/mol. The van der Waals surface area contributed by atoms with Crippen molar-refractivity contribution in [1.82, 2.24) is 10.6 Å². The van der Waals surface area contributed by atoms with Crippen LogP contribution in [0.5, 0.6) is 0 Å². The Morgan fingerprint density at radius 2 is 2.32 bits per heavy atom. The summed E-state index contributed by atoms with van der Waals surface area (Å²) in [6.45, 7) is 2.82. The van der Waals surface area contributed by atoms with Crippen molar-refractivity contribution in [3.8, 4) is 0 Å². The summed E-state index contributed by atoms with van der Waals surface area (Å²) in [5, 5.41) is 8.63. The molecule has 7 nitrogen and oxygen atoms in total. The van der Waals surface area contributed by atoms with Gasteiger partial charge in [-0.05, 0) is 31.0 Å². The number of nitrogens with zero attached hydrogens (tertiary/aromatic N) is 1. The molecule has 1 aromatic rings. The van der Waals surface area contributed by atoms with Crippen LogP contribution in [0.2, 0.25) is 0 Å². The number of nitrogens with one attached hydrogen (secondary N) is 3. The predicted molar refractivity (Wildman–Crippen MR) is 94.2 cm³/mol. The quantitative estimate of drug-likeness (QED) is 0.371. The van der Waals surface area contributed by atoms with Crippen molar-refractivity contribution in [3.63, 3.8) is 0 Å². The molecule has 1 aliphatic rings. The van der Waals surface area contributed by atoms with Crippen molar-refractivity contribution in [1.29, 1.82) is 0 Å². The Morgan fingerprint density at radius 3 is 3.04 bits per heavy atom. The van der Waals surface area contributed by atoms with Crippen LogP contribution in [0.3, 0.4) is 0 Å². The van der Waals surface area contributed by atoms with Crippen LogP contribution in [0.1, 0.15) is 12.8 Å². The van der Waals surface area contributed by atoms with Gasteiger partial charge in [0.15, 0.2) is 5.96 Å². The molecule has 2 rings (SSSR count). The average Bonchev–Trinajstić information content (AvgIpc) is 3.10. The zero-order chi connectivity index (χ0) is 17.9. The largest absolute Gasteiger partial charge is 0.379 e. The van der Waals surface area contributed by atoms with E-state index in [9.17, 15) is 9.18 Å². The lowest BCUT2D eigenvalue weighted by atomic mass is 10.3. The van der Waals surface area contributed by atoms with E-state index in [4.69, 9.17) is 9.47 Å². The first kappa shape index (κ1) is 19.1. The molecule has 1 saturated heterocycles. The number of benzene rings is 1. The summed E-state index contributed by atoms with van der Waals surface area (Å²) in [5.41, 5.74) is 0.419. The molecule has 1 atom stereocenters. The summed E-state index contributed by atoms with van der Waals surface area (Å²) >= 11 is 0. The third kappa shape index (κ3) is 7.49. The van der Waals surface area contributed by atoms with Crippen LogP contribution in [0.4, 0.5) is 10.1 Å². The zero-order valence-electron chi connectivity index (χ0n) is 14.4. The van der Waals surface area contributed by atoms with Crippen molar-refractivity contribution >= 4 is 17.6 Å². The molecule has 1 heterocycles. The number of rotatable bonds is 8. The summed E-state index contributed by atoms with van der Waals surface area (Å²) in [6, 6.07) is 5.76. The van der Waals surface area contributed by atoms with Crippen molar-refractivity contribution in [2.24, 2.45) is 4.99 Å². The van der Waals surface area contributed by atoms with Gasteiger partial charge in [0.2, 0.25) is 5.91 Å². The fraction of sp³-hybridized carbons (Fsp3) is 0.529. The van der Waals surface area contributed by atoms with Crippen LogP contribution in [0, 0.1) is 5.82 Å². The number of hydrogen-bond acceptors (Lipinski definition) is 4. The van der Waals surface area contributed by atoms with Gasteiger partial charge in [-0.2, -0.15) is 0 Å². The van der Waals surface area contributed by atoms with Crippen LogP contribution in [0.15, 0.2) is 29.3 Å². The number of anilines is 1. The predicted octanol–water partition coefficient (Wildman–Crippen LogP) is 1.12. The summed E-state index contributed by atoms with van der Waals surface area (Å²) in [6.07, 6.45) is 1.99. The minimum absolute atomic E-state index is 0.0338. The molecule has 1 aliphatic heterocycles. The molecule has 0 bridgehead atoms. The van der Waals surface area contributed by atoms with Gasteiger partial charge in [-0.3, -0.25) is 9.79 Å². The Hall–Kier alpha value is -2.19. The van der Waals surface area contributed by atoms with E-state index in [0.717, 1.165) is 19.4 Å². The Labute approximate surface area is 147 Å². The smallest absolute Gasteiger partial charge is 0.243 e. The third-order valence-electron chi connectivity index (χ3n) is 3.60. The van der Waals surface area contributed by atoms with Crippen LogP contribution in [-0.4, -0.2) is 57.9 Å². The molecule has 0 saturated carbocycles. The maximum Gasteiger partial charge on any atom is 0.243 e. The second kappa shape index (κ2) is 10.6. The van der Waals surface area contributed by atoms with Crippen molar-refractivity contribution in [2.75, 3.05) is 45.3 Å². The van der Waals surface area contributed by atoms with E-state index < -0.39 is 5.82 Å².